The summed E-state index contributed by atoms with van der Waals surface area (Å²) < 4.78 is 6.40. The van der Waals surface area contributed by atoms with Gasteiger partial charge in [-0.2, -0.15) is 0 Å². The Hall–Kier alpha value is -1.55. The van der Waals surface area contributed by atoms with E-state index in [1.165, 1.54) is 38.3 Å². The molecule has 0 aromatic heterocycles. The van der Waals surface area contributed by atoms with Crippen LogP contribution in [0.2, 0.25) is 18.1 Å². The topological polar surface area (TPSA) is 9.23 Å². The Morgan fingerprint density at radius 3 is 2.48 bits per heavy atom. The molecular formula is C28H38OSSi. The fourth-order valence-electron chi connectivity index (χ4n) is 3.76. The van der Waals surface area contributed by atoms with Gasteiger partial charge in [0.1, 0.15) is 0 Å². The highest BCUT2D eigenvalue weighted by Gasteiger charge is 2.36. The maximum Gasteiger partial charge on any atom is 0.191 e. The Bertz CT molecular complexity index is 979. The lowest BCUT2D eigenvalue weighted by Crippen LogP contribution is -2.41. The third kappa shape index (κ3) is 5.82. The molecule has 0 unspecified atom stereocenters. The predicted molar refractivity (Wildman–Crippen MR) is 142 cm³/mol. The fraction of sp³-hybridized carbons (Fsp3) is 0.429. The number of rotatable bonds is 8. The molecule has 3 rings (SSSR count). The summed E-state index contributed by atoms with van der Waals surface area (Å²) in [4.78, 5) is 1.33. The van der Waals surface area contributed by atoms with Crippen molar-refractivity contribution in [3.8, 4) is 0 Å². The SMILES string of the molecule is CCCC1=Cc2cc(SC)ccc2C1=Cc1cccc(CCO[Si](C)(C)C(C)(C)C)c1. The van der Waals surface area contributed by atoms with Crippen molar-refractivity contribution in [2.45, 2.75) is 70.0 Å². The standard InChI is InChI=1S/C28H38OSSi/c1-8-10-23-19-24-20-25(30-5)13-14-26(24)27(23)18-22-12-9-11-21(17-22)15-16-29-31(6,7)28(2,3)4/h9,11-14,17-20H,8,10,15-16H2,1-7H3. The molecule has 1 aliphatic carbocycles. The molecule has 31 heavy (non-hydrogen) atoms. The number of hydrogen-bond donors (Lipinski definition) is 0. The summed E-state index contributed by atoms with van der Waals surface area (Å²) in [5.74, 6) is 0. The van der Waals surface area contributed by atoms with Crippen LogP contribution in [-0.4, -0.2) is 21.2 Å². The van der Waals surface area contributed by atoms with Crippen molar-refractivity contribution in [1.29, 1.82) is 0 Å². The second-order valence-corrected chi connectivity index (χ2v) is 15.7. The minimum Gasteiger partial charge on any atom is -0.416 e. The number of hydrogen-bond acceptors (Lipinski definition) is 2. The lowest BCUT2D eigenvalue weighted by Gasteiger charge is -2.36. The molecule has 0 amide bonds. The third-order valence-electron chi connectivity index (χ3n) is 6.67. The zero-order valence-electron chi connectivity index (χ0n) is 20.3. The summed E-state index contributed by atoms with van der Waals surface area (Å²) in [6, 6.07) is 15.8. The Morgan fingerprint density at radius 1 is 1.03 bits per heavy atom. The Kier molecular flexibility index (Phi) is 7.72. The average molecular weight is 451 g/mol. The first kappa shape index (κ1) is 24.1. The quantitative estimate of drug-likeness (QED) is 0.294. The highest BCUT2D eigenvalue weighted by Crippen LogP contribution is 2.40. The largest absolute Gasteiger partial charge is 0.416 e. The summed E-state index contributed by atoms with van der Waals surface area (Å²) in [6.45, 7) is 14.6. The van der Waals surface area contributed by atoms with Gasteiger partial charge in [0.15, 0.2) is 8.32 Å². The van der Waals surface area contributed by atoms with Gasteiger partial charge in [-0.3, -0.25) is 0 Å². The normalized spacial score (nSPS) is 15.3. The number of thioether (sulfide) groups is 1. The van der Waals surface area contributed by atoms with Gasteiger partial charge < -0.3 is 4.43 Å². The Morgan fingerprint density at radius 2 is 1.81 bits per heavy atom. The molecule has 2 aromatic rings. The minimum atomic E-state index is -1.69. The van der Waals surface area contributed by atoms with E-state index in [-0.39, 0.29) is 5.04 Å². The Balaban J connectivity index is 1.80. The van der Waals surface area contributed by atoms with Gasteiger partial charge >= 0.3 is 0 Å². The molecule has 0 aliphatic heterocycles. The summed E-state index contributed by atoms with van der Waals surface area (Å²) >= 11 is 1.81. The van der Waals surface area contributed by atoms with Gasteiger partial charge in [0.25, 0.3) is 0 Å². The molecule has 0 N–H and O–H groups in total. The Labute approximate surface area is 195 Å². The summed E-state index contributed by atoms with van der Waals surface area (Å²) in [5, 5.41) is 0.257. The lowest BCUT2D eigenvalue weighted by atomic mass is 9.97. The van der Waals surface area contributed by atoms with E-state index in [1.54, 1.807) is 0 Å². The van der Waals surface area contributed by atoms with Gasteiger partial charge in [-0.25, -0.2) is 0 Å². The molecule has 0 bridgehead atoms. The molecular weight excluding hydrogens is 412 g/mol. The number of benzene rings is 2. The molecule has 166 valence electrons. The van der Waals surface area contributed by atoms with Crippen LogP contribution >= 0.6 is 11.8 Å². The highest BCUT2D eigenvalue weighted by atomic mass is 32.2. The first-order chi connectivity index (χ1) is 14.6. The molecule has 1 aliphatic rings. The van der Waals surface area contributed by atoms with Gasteiger partial charge in [0.2, 0.25) is 0 Å². The van der Waals surface area contributed by atoms with E-state index in [4.69, 9.17) is 4.43 Å². The zero-order valence-corrected chi connectivity index (χ0v) is 22.2. The smallest absolute Gasteiger partial charge is 0.191 e. The molecule has 2 aromatic carbocycles. The van der Waals surface area contributed by atoms with Crippen LogP contribution in [0.5, 0.6) is 0 Å². The van der Waals surface area contributed by atoms with E-state index in [0.29, 0.717) is 0 Å². The van der Waals surface area contributed by atoms with Gasteiger partial charge in [-0.1, -0.05) is 70.5 Å². The van der Waals surface area contributed by atoms with E-state index in [0.717, 1.165) is 25.9 Å². The summed E-state index contributed by atoms with van der Waals surface area (Å²) in [5.41, 5.74) is 8.21. The molecule has 0 saturated heterocycles. The highest BCUT2D eigenvalue weighted by molar-refractivity contribution is 7.98. The first-order valence-electron chi connectivity index (χ1n) is 11.5. The summed E-state index contributed by atoms with van der Waals surface area (Å²) in [6.07, 6.45) is 10.2. The molecule has 0 heterocycles. The van der Waals surface area contributed by atoms with Crippen molar-refractivity contribution in [3.63, 3.8) is 0 Å². The fourth-order valence-corrected chi connectivity index (χ4v) is 5.26. The zero-order chi connectivity index (χ0) is 22.6. The van der Waals surface area contributed by atoms with Crippen LogP contribution < -0.4 is 0 Å². The molecule has 0 radical (unpaired) electrons. The van der Waals surface area contributed by atoms with Gasteiger partial charge in [-0.15, -0.1) is 11.8 Å². The van der Waals surface area contributed by atoms with Crippen LogP contribution in [0.25, 0.3) is 17.7 Å². The minimum absolute atomic E-state index is 0.257. The molecule has 0 fully saturated rings. The second kappa shape index (κ2) is 9.93. The van der Waals surface area contributed by atoms with Gasteiger partial charge in [0, 0.05) is 11.5 Å². The van der Waals surface area contributed by atoms with Crippen LogP contribution in [0.1, 0.15) is 62.8 Å². The maximum absolute atomic E-state index is 6.40. The summed E-state index contributed by atoms with van der Waals surface area (Å²) in [7, 11) is -1.69. The number of fused-ring (bicyclic) bond motifs is 1. The van der Waals surface area contributed by atoms with Crippen LogP contribution in [0.15, 0.2) is 52.9 Å². The average Bonchev–Trinajstić information content (AvgIpc) is 3.04. The third-order valence-corrected chi connectivity index (χ3v) is 11.9. The molecule has 0 spiro atoms. The molecule has 3 heteroatoms. The van der Waals surface area contributed by atoms with E-state index in [2.05, 4.69) is 102 Å². The van der Waals surface area contributed by atoms with E-state index < -0.39 is 8.32 Å². The van der Waals surface area contributed by atoms with E-state index in [9.17, 15) is 0 Å². The second-order valence-electron chi connectivity index (χ2n) is 10.0. The lowest BCUT2D eigenvalue weighted by molar-refractivity contribution is 0.292. The van der Waals surface area contributed by atoms with Crippen LogP contribution in [-0.2, 0) is 10.8 Å². The van der Waals surface area contributed by atoms with Crippen LogP contribution in [0.4, 0.5) is 0 Å². The van der Waals surface area contributed by atoms with Crippen molar-refractivity contribution < 1.29 is 4.43 Å². The molecule has 1 nitrogen and oxygen atoms in total. The monoisotopic (exact) mass is 450 g/mol. The van der Waals surface area contributed by atoms with Crippen LogP contribution in [0.3, 0.4) is 0 Å². The number of allylic oxidation sites excluding steroid dienone is 2. The first-order valence-corrected chi connectivity index (χ1v) is 15.6. The van der Waals surface area contributed by atoms with E-state index in [1.807, 2.05) is 11.8 Å². The van der Waals surface area contributed by atoms with Crippen molar-refractivity contribution in [1.82, 2.24) is 0 Å². The van der Waals surface area contributed by atoms with Crippen molar-refractivity contribution >= 4 is 37.8 Å². The van der Waals surface area contributed by atoms with Gasteiger partial charge in [0.05, 0.1) is 0 Å². The molecule has 0 atom stereocenters. The van der Waals surface area contributed by atoms with Crippen LogP contribution in [0, 0.1) is 0 Å². The van der Waals surface area contributed by atoms with E-state index >= 15 is 0 Å². The van der Waals surface area contributed by atoms with Crippen molar-refractivity contribution in [3.05, 3.63) is 70.3 Å². The van der Waals surface area contributed by atoms with Crippen molar-refractivity contribution in [2.24, 2.45) is 0 Å². The van der Waals surface area contributed by atoms with Crippen molar-refractivity contribution in [2.75, 3.05) is 12.9 Å². The van der Waals surface area contributed by atoms with Gasteiger partial charge in [-0.05, 0) is 88.8 Å². The maximum atomic E-state index is 6.40. The predicted octanol–water partition coefficient (Wildman–Crippen LogP) is 8.71. The molecule has 0 saturated carbocycles.